The number of carbonyl (C=O) groups is 1. The maximum Gasteiger partial charge on any atom is 0.303 e. The van der Waals surface area contributed by atoms with Crippen LogP contribution in [0.4, 0.5) is 0 Å². The van der Waals surface area contributed by atoms with Crippen molar-refractivity contribution in [1.29, 1.82) is 0 Å². The first-order valence-electron chi connectivity index (χ1n) is 6.37. The second-order valence-corrected chi connectivity index (χ2v) is 6.22. The second-order valence-electron chi connectivity index (χ2n) is 5.79. The van der Waals surface area contributed by atoms with E-state index in [1.165, 1.54) is 6.92 Å². The molecular weight excluding hydrogens is 276 g/mol. The second kappa shape index (κ2) is 5.37. The van der Waals surface area contributed by atoms with Crippen LogP contribution in [0, 0.1) is 5.41 Å². The summed E-state index contributed by atoms with van der Waals surface area (Å²) in [7, 11) is 0. The number of hydrogen-bond donors (Lipinski definition) is 0. The van der Waals surface area contributed by atoms with Crippen molar-refractivity contribution in [2.45, 2.75) is 33.8 Å². The molecule has 20 heavy (non-hydrogen) atoms. The summed E-state index contributed by atoms with van der Waals surface area (Å²) in [6.07, 6.45) is 1.21. The zero-order chi connectivity index (χ0) is 14.9. The quantitative estimate of drug-likeness (QED) is 0.787. The Balaban J connectivity index is 2.48. The van der Waals surface area contributed by atoms with Gasteiger partial charge in [0.1, 0.15) is 0 Å². The predicted octanol–water partition coefficient (Wildman–Crippen LogP) is 3.93. The third-order valence-electron chi connectivity index (χ3n) is 2.87. The molecule has 0 N–H and O–H groups in total. The van der Waals surface area contributed by atoms with Crippen LogP contribution >= 0.6 is 11.6 Å². The van der Waals surface area contributed by atoms with Crippen molar-refractivity contribution >= 4 is 28.5 Å². The van der Waals surface area contributed by atoms with Crippen molar-refractivity contribution < 1.29 is 9.53 Å². The van der Waals surface area contributed by atoms with Gasteiger partial charge in [0, 0.05) is 28.9 Å². The zero-order valence-corrected chi connectivity index (χ0v) is 12.7. The Kier molecular flexibility index (Phi) is 3.95. The van der Waals surface area contributed by atoms with E-state index in [0.29, 0.717) is 10.8 Å². The summed E-state index contributed by atoms with van der Waals surface area (Å²) >= 11 is 5.94. The van der Waals surface area contributed by atoms with Gasteiger partial charge < -0.3 is 4.74 Å². The van der Waals surface area contributed by atoms with Crippen molar-refractivity contribution in [3.63, 3.8) is 0 Å². The number of esters is 1. The fourth-order valence-corrected chi connectivity index (χ4v) is 2.11. The van der Waals surface area contributed by atoms with Crippen molar-refractivity contribution in [3.05, 3.63) is 35.2 Å². The van der Waals surface area contributed by atoms with E-state index >= 15 is 0 Å². The molecule has 0 aliphatic rings. The summed E-state index contributed by atoms with van der Waals surface area (Å²) in [5, 5.41) is 1.50. The van der Waals surface area contributed by atoms with E-state index < -0.39 is 6.10 Å². The number of aromatic nitrogens is 2. The van der Waals surface area contributed by atoms with Crippen LogP contribution < -0.4 is 0 Å². The monoisotopic (exact) mass is 292 g/mol. The first-order chi connectivity index (χ1) is 9.27. The van der Waals surface area contributed by atoms with Gasteiger partial charge in [-0.3, -0.25) is 4.79 Å². The van der Waals surface area contributed by atoms with E-state index in [9.17, 15) is 4.79 Å². The molecule has 2 rings (SSSR count). The molecule has 0 amide bonds. The number of ether oxygens (including phenoxy) is 1. The van der Waals surface area contributed by atoms with Crippen LogP contribution in [-0.2, 0) is 9.53 Å². The average Bonchev–Trinajstić information content (AvgIpc) is 2.34. The number of hydrogen-bond acceptors (Lipinski definition) is 4. The third-order valence-corrected chi connectivity index (χ3v) is 3.10. The van der Waals surface area contributed by atoms with E-state index in [4.69, 9.17) is 16.3 Å². The Morgan fingerprint density at radius 2 is 2.05 bits per heavy atom. The lowest BCUT2D eigenvalue weighted by atomic mass is 9.88. The normalized spacial score (nSPS) is 13.2. The Morgan fingerprint density at radius 1 is 1.35 bits per heavy atom. The fraction of sp³-hybridized carbons (Fsp3) is 0.400. The van der Waals surface area contributed by atoms with Gasteiger partial charge >= 0.3 is 5.97 Å². The summed E-state index contributed by atoms with van der Waals surface area (Å²) in [6, 6.07) is 5.41. The summed E-state index contributed by atoms with van der Waals surface area (Å²) in [4.78, 5) is 20.1. The first kappa shape index (κ1) is 14.7. The summed E-state index contributed by atoms with van der Waals surface area (Å²) in [5.74, 6) is 0.159. The van der Waals surface area contributed by atoms with Crippen molar-refractivity contribution in [2.75, 3.05) is 0 Å². The summed E-state index contributed by atoms with van der Waals surface area (Å²) in [5.41, 5.74) is 0.493. The van der Waals surface area contributed by atoms with Gasteiger partial charge in [0.25, 0.3) is 0 Å². The molecule has 106 valence electrons. The van der Waals surface area contributed by atoms with Crippen LogP contribution in [0.2, 0.25) is 5.02 Å². The lowest BCUT2D eigenvalue weighted by molar-refractivity contribution is -0.153. The highest BCUT2D eigenvalue weighted by Crippen LogP contribution is 2.34. The zero-order valence-electron chi connectivity index (χ0n) is 12.0. The maximum absolute atomic E-state index is 11.3. The van der Waals surface area contributed by atoms with Crippen molar-refractivity contribution in [3.8, 4) is 0 Å². The molecule has 0 spiro atoms. The molecule has 0 aliphatic carbocycles. The van der Waals surface area contributed by atoms with Crippen LogP contribution in [0.5, 0.6) is 0 Å². The van der Waals surface area contributed by atoms with Gasteiger partial charge in [-0.25, -0.2) is 9.97 Å². The van der Waals surface area contributed by atoms with Gasteiger partial charge in [0.05, 0.1) is 5.52 Å². The Morgan fingerprint density at radius 3 is 2.65 bits per heavy atom. The Hall–Kier alpha value is -1.68. The minimum absolute atomic E-state index is 0.286. The molecule has 0 bridgehead atoms. The van der Waals surface area contributed by atoms with Crippen LogP contribution in [0.15, 0.2) is 24.4 Å². The number of benzene rings is 1. The Bertz CT molecular complexity index is 650. The SMILES string of the molecule is CC(=O)O[C@H](c1ncc2cc(Cl)ccc2n1)C(C)(C)C. The maximum atomic E-state index is 11.3. The summed E-state index contributed by atoms with van der Waals surface area (Å²) in [6.45, 7) is 7.33. The van der Waals surface area contributed by atoms with Gasteiger partial charge in [0.2, 0.25) is 0 Å². The molecule has 1 atom stereocenters. The molecule has 0 unspecified atom stereocenters. The summed E-state index contributed by atoms with van der Waals surface area (Å²) < 4.78 is 5.38. The molecule has 0 fully saturated rings. The molecule has 0 radical (unpaired) electrons. The highest BCUT2D eigenvalue weighted by molar-refractivity contribution is 6.31. The van der Waals surface area contributed by atoms with Crippen LogP contribution in [0.3, 0.4) is 0 Å². The van der Waals surface area contributed by atoms with Crippen molar-refractivity contribution in [2.24, 2.45) is 5.41 Å². The minimum Gasteiger partial charge on any atom is -0.454 e. The third kappa shape index (κ3) is 3.25. The van der Waals surface area contributed by atoms with E-state index in [1.807, 2.05) is 26.8 Å². The molecule has 1 heterocycles. The van der Waals surface area contributed by atoms with Gasteiger partial charge in [-0.15, -0.1) is 0 Å². The fourth-order valence-electron chi connectivity index (χ4n) is 1.93. The number of fused-ring (bicyclic) bond motifs is 1. The van der Waals surface area contributed by atoms with Crippen LogP contribution in [0.25, 0.3) is 10.9 Å². The highest BCUT2D eigenvalue weighted by Gasteiger charge is 2.31. The lowest BCUT2D eigenvalue weighted by Crippen LogP contribution is -2.25. The number of nitrogens with zero attached hydrogens (tertiary/aromatic N) is 2. The lowest BCUT2D eigenvalue weighted by Gasteiger charge is -2.28. The number of halogens is 1. The largest absolute Gasteiger partial charge is 0.454 e. The van der Waals surface area contributed by atoms with Crippen LogP contribution in [0.1, 0.15) is 39.6 Å². The molecule has 5 heteroatoms. The molecule has 0 saturated carbocycles. The van der Waals surface area contributed by atoms with Crippen molar-refractivity contribution in [1.82, 2.24) is 9.97 Å². The smallest absolute Gasteiger partial charge is 0.303 e. The van der Waals surface area contributed by atoms with Gasteiger partial charge in [-0.05, 0) is 18.2 Å². The minimum atomic E-state index is -0.486. The van der Waals surface area contributed by atoms with E-state index in [0.717, 1.165) is 10.9 Å². The first-order valence-corrected chi connectivity index (χ1v) is 6.74. The molecule has 0 aliphatic heterocycles. The van der Waals surface area contributed by atoms with Gasteiger partial charge in [-0.1, -0.05) is 32.4 Å². The topological polar surface area (TPSA) is 52.1 Å². The molecule has 1 aromatic heterocycles. The molecular formula is C15H17ClN2O2. The standard InChI is InChI=1S/C15H17ClN2O2/c1-9(19)20-13(15(2,3)4)14-17-8-10-7-11(16)5-6-12(10)18-14/h5-8,13H,1-4H3/t13-/m1/s1. The molecule has 4 nitrogen and oxygen atoms in total. The number of carbonyl (C=O) groups excluding carboxylic acids is 1. The van der Waals surface area contributed by atoms with Gasteiger partial charge in [0.15, 0.2) is 11.9 Å². The number of rotatable bonds is 2. The van der Waals surface area contributed by atoms with E-state index in [-0.39, 0.29) is 11.4 Å². The van der Waals surface area contributed by atoms with Crippen LogP contribution in [-0.4, -0.2) is 15.9 Å². The molecule has 1 aromatic carbocycles. The molecule has 0 saturated heterocycles. The predicted molar refractivity (Wildman–Crippen MR) is 78.5 cm³/mol. The van der Waals surface area contributed by atoms with E-state index in [1.54, 1.807) is 18.3 Å². The highest BCUT2D eigenvalue weighted by atomic mass is 35.5. The average molecular weight is 293 g/mol. The Labute approximate surface area is 123 Å². The van der Waals surface area contributed by atoms with E-state index in [2.05, 4.69) is 9.97 Å². The van der Waals surface area contributed by atoms with Gasteiger partial charge in [-0.2, -0.15) is 0 Å². The molecule has 2 aromatic rings.